The lowest BCUT2D eigenvalue weighted by Gasteiger charge is -2.15. The molecule has 1 aliphatic rings. The van der Waals surface area contributed by atoms with Crippen molar-refractivity contribution in [1.82, 2.24) is 0 Å². The number of Topliss-reactive ketones (excluding diaryl/α,β-unsaturated/α-hetero) is 1. The van der Waals surface area contributed by atoms with Crippen molar-refractivity contribution in [2.24, 2.45) is 0 Å². The van der Waals surface area contributed by atoms with Crippen LogP contribution in [0.2, 0.25) is 0 Å². The van der Waals surface area contributed by atoms with Crippen LogP contribution in [0.3, 0.4) is 0 Å². The molecule has 84 valence electrons. The second-order valence-corrected chi connectivity index (χ2v) is 4.90. The van der Waals surface area contributed by atoms with E-state index in [1.165, 1.54) is 10.5 Å². The van der Waals surface area contributed by atoms with E-state index in [0.717, 1.165) is 18.6 Å². The van der Waals surface area contributed by atoms with Gasteiger partial charge < -0.3 is 5.11 Å². The van der Waals surface area contributed by atoms with Gasteiger partial charge >= 0.3 is 5.97 Å². The summed E-state index contributed by atoms with van der Waals surface area (Å²) in [5.41, 5.74) is 1.69. The first-order valence-electron chi connectivity index (χ1n) is 5.17. The van der Waals surface area contributed by atoms with Gasteiger partial charge in [-0.2, -0.15) is 0 Å². The Bertz CT molecular complexity index is 440. The zero-order valence-electron chi connectivity index (χ0n) is 8.73. The van der Waals surface area contributed by atoms with Crippen molar-refractivity contribution in [2.45, 2.75) is 24.2 Å². The summed E-state index contributed by atoms with van der Waals surface area (Å²) in [6, 6.07) is 5.49. The molecular formula is C12H12O3S. The molecule has 1 N–H and O–H groups in total. The van der Waals surface area contributed by atoms with Crippen LogP contribution in [-0.2, 0) is 11.2 Å². The maximum Gasteiger partial charge on any atom is 0.311 e. The number of thioether (sulfide) groups is 1. The Morgan fingerprint density at radius 3 is 2.94 bits per heavy atom. The summed E-state index contributed by atoms with van der Waals surface area (Å²) in [4.78, 5) is 23.2. The fourth-order valence-electron chi connectivity index (χ4n) is 1.77. The number of hydrogen-bond acceptors (Lipinski definition) is 3. The van der Waals surface area contributed by atoms with Crippen LogP contribution in [0, 0.1) is 0 Å². The smallest absolute Gasteiger partial charge is 0.311 e. The molecule has 0 saturated carbocycles. The number of benzene rings is 1. The highest BCUT2D eigenvalue weighted by Gasteiger charge is 2.15. The number of carboxylic acids is 1. The molecule has 0 bridgehead atoms. The molecule has 0 atom stereocenters. The molecule has 0 spiro atoms. The van der Waals surface area contributed by atoms with Crippen molar-refractivity contribution in [3.8, 4) is 0 Å². The van der Waals surface area contributed by atoms with E-state index in [0.29, 0.717) is 5.56 Å². The molecule has 2 rings (SSSR count). The first-order valence-corrected chi connectivity index (χ1v) is 6.16. The lowest BCUT2D eigenvalue weighted by atomic mass is 10.0. The first-order chi connectivity index (χ1) is 7.66. The van der Waals surface area contributed by atoms with Crippen molar-refractivity contribution in [3.05, 3.63) is 29.3 Å². The summed E-state index contributed by atoms with van der Waals surface area (Å²) >= 11 is 1.80. The van der Waals surface area contributed by atoms with Crippen molar-refractivity contribution in [3.63, 3.8) is 0 Å². The minimum absolute atomic E-state index is 0.314. The summed E-state index contributed by atoms with van der Waals surface area (Å²) in [6.45, 7) is 0. The van der Waals surface area contributed by atoms with Crippen LogP contribution >= 0.6 is 11.8 Å². The number of carboxylic acid groups (broad SMARTS) is 1. The normalized spacial score (nSPS) is 14.2. The molecule has 1 aromatic carbocycles. The zero-order chi connectivity index (χ0) is 11.5. The highest BCUT2D eigenvalue weighted by Crippen LogP contribution is 2.30. The van der Waals surface area contributed by atoms with E-state index in [1.54, 1.807) is 17.8 Å². The van der Waals surface area contributed by atoms with Gasteiger partial charge in [0.1, 0.15) is 6.42 Å². The third-order valence-corrected chi connectivity index (χ3v) is 3.74. The van der Waals surface area contributed by atoms with E-state index in [-0.39, 0.29) is 5.78 Å². The summed E-state index contributed by atoms with van der Waals surface area (Å²) in [5, 5.41) is 8.56. The van der Waals surface area contributed by atoms with E-state index in [2.05, 4.69) is 0 Å². The number of carbonyl (C=O) groups is 2. The molecule has 3 nitrogen and oxygen atoms in total. The number of fused-ring (bicyclic) bond motifs is 1. The summed E-state index contributed by atoms with van der Waals surface area (Å²) in [6.07, 6.45) is 1.68. The minimum Gasteiger partial charge on any atom is -0.481 e. The van der Waals surface area contributed by atoms with Crippen LogP contribution in [0.4, 0.5) is 0 Å². The fourth-order valence-corrected chi connectivity index (χ4v) is 2.79. The molecule has 0 aliphatic carbocycles. The van der Waals surface area contributed by atoms with Gasteiger partial charge in [-0.1, -0.05) is 6.07 Å². The van der Waals surface area contributed by atoms with Crippen LogP contribution in [0.5, 0.6) is 0 Å². The number of aryl methyl sites for hydroxylation is 1. The maximum atomic E-state index is 11.6. The van der Waals surface area contributed by atoms with Crippen molar-refractivity contribution >= 4 is 23.5 Å². The van der Waals surface area contributed by atoms with E-state index < -0.39 is 12.4 Å². The van der Waals surface area contributed by atoms with Gasteiger partial charge in [-0.3, -0.25) is 9.59 Å². The molecule has 1 aliphatic heterocycles. The Hall–Kier alpha value is -1.29. The Kier molecular flexibility index (Phi) is 3.29. The van der Waals surface area contributed by atoms with Crippen molar-refractivity contribution in [1.29, 1.82) is 0 Å². The fraction of sp³-hybridized carbons (Fsp3) is 0.333. The predicted molar refractivity (Wildman–Crippen MR) is 62.1 cm³/mol. The molecule has 1 aromatic rings. The van der Waals surface area contributed by atoms with E-state index in [9.17, 15) is 9.59 Å². The topological polar surface area (TPSA) is 54.4 Å². The van der Waals surface area contributed by atoms with Gasteiger partial charge in [-0.05, 0) is 36.3 Å². The minimum atomic E-state index is -1.07. The first kappa shape index (κ1) is 11.2. The summed E-state index contributed by atoms with van der Waals surface area (Å²) in [5.74, 6) is -0.266. The lowest BCUT2D eigenvalue weighted by molar-refractivity contribution is -0.135. The van der Waals surface area contributed by atoms with Crippen LogP contribution < -0.4 is 0 Å². The number of rotatable bonds is 3. The Morgan fingerprint density at radius 1 is 1.38 bits per heavy atom. The molecule has 0 fully saturated rings. The molecule has 1 heterocycles. The lowest BCUT2D eigenvalue weighted by Crippen LogP contribution is -2.08. The number of carbonyl (C=O) groups excluding carboxylic acids is 1. The second-order valence-electron chi connectivity index (χ2n) is 3.77. The Labute approximate surface area is 97.9 Å². The molecule has 0 amide bonds. The van der Waals surface area contributed by atoms with Crippen LogP contribution in [0.1, 0.15) is 28.8 Å². The van der Waals surface area contributed by atoms with Gasteiger partial charge in [0.2, 0.25) is 0 Å². The van der Waals surface area contributed by atoms with E-state index >= 15 is 0 Å². The molecule has 16 heavy (non-hydrogen) atoms. The molecule has 0 saturated heterocycles. The van der Waals surface area contributed by atoms with Gasteiger partial charge in [-0.15, -0.1) is 11.8 Å². The standard InChI is InChI=1S/C12H12O3S/c13-10(7-12(14)15)8-3-4-11-9(6-8)2-1-5-16-11/h3-4,6H,1-2,5,7H2,(H,14,15). The van der Waals surface area contributed by atoms with Gasteiger partial charge in [-0.25, -0.2) is 0 Å². The molecule has 4 heteroatoms. The molecule has 0 aromatic heterocycles. The molecule has 0 radical (unpaired) electrons. The van der Waals surface area contributed by atoms with E-state index in [4.69, 9.17) is 5.11 Å². The SMILES string of the molecule is O=C(O)CC(=O)c1ccc2c(c1)CCCS2. The van der Waals surface area contributed by atoms with E-state index in [1.807, 2.05) is 12.1 Å². The van der Waals surface area contributed by atoms with Crippen molar-refractivity contribution < 1.29 is 14.7 Å². The molecule has 0 unspecified atom stereocenters. The molecular weight excluding hydrogens is 224 g/mol. The predicted octanol–water partition coefficient (Wildman–Crippen LogP) is 2.38. The number of hydrogen-bond donors (Lipinski definition) is 1. The quantitative estimate of drug-likeness (QED) is 0.646. The monoisotopic (exact) mass is 236 g/mol. The van der Waals surface area contributed by atoms with Crippen LogP contribution in [0.15, 0.2) is 23.1 Å². The third-order valence-electron chi connectivity index (χ3n) is 2.54. The summed E-state index contributed by atoms with van der Waals surface area (Å²) < 4.78 is 0. The maximum absolute atomic E-state index is 11.6. The van der Waals surface area contributed by atoms with Crippen molar-refractivity contribution in [2.75, 3.05) is 5.75 Å². The highest BCUT2D eigenvalue weighted by atomic mass is 32.2. The van der Waals surface area contributed by atoms with Gasteiger partial charge in [0, 0.05) is 10.5 Å². The Balaban J connectivity index is 2.23. The van der Waals surface area contributed by atoms with Gasteiger partial charge in [0.05, 0.1) is 0 Å². The van der Waals surface area contributed by atoms with Gasteiger partial charge in [0.15, 0.2) is 5.78 Å². The average Bonchev–Trinajstić information content (AvgIpc) is 2.27. The average molecular weight is 236 g/mol. The van der Waals surface area contributed by atoms with Crippen LogP contribution in [-0.4, -0.2) is 22.6 Å². The van der Waals surface area contributed by atoms with Gasteiger partial charge in [0.25, 0.3) is 0 Å². The third kappa shape index (κ3) is 2.44. The summed E-state index contributed by atoms with van der Waals surface area (Å²) in [7, 11) is 0. The highest BCUT2D eigenvalue weighted by molar-refractivity contribution is 7.99. The van der Waals surface area contributed by atoms with Crippen LogP contribution in [0.25, 0.3) is 0 Å². The Morgan fingerprint density at radius 2 is 2.19 bits per heavy atom. The number of aliphatic carboxylic acids is 1. The largest absolute Gasteiger partial charge is 0.481 e. The second kappa shape index (κ2) is 4.70. The number of ketones is 1. The zero-order valence-corrected chi connectivity index (χ0v) is 9.55.